The molecule has 2 bridgehead atoms. The lowest BCUT2D eigenvalue weighted by Gasteiger charge is -2.40. The number of rotatable bonds is 3. The molecule has 1 saturated carbocycles. The summed E-state index contributed by atoms with van der Waals surface area (Å²) in [7, 11) is 0. The zero-order chi connectivity index (χ0) is 24.2. The van der Waals surface area contributed by atoms with Crippen molar-refractivity contribution in [2.75, 3.05) is 6.54 Å². The normalized spacial score (nSPS) is 22.9. The monoisotopic (exact) mass is 461 g/mol. The van der Waals surface area contributed by atoms with Gasteiger partial charge in [-0.1, -0.05) is 81.4 Å². The first kappa shape index (κ1) is 22.0. The van der Waals surface area contributed by atoms with Crippen LogP contribution in [0.2, 0.25) is 0 Å². The lowest BCUT2D eigenvalue weighted by atomic mass is 9.65. The Balaban J connectivity index is 1.41. The van der Waals surface area contributed by atoms with E-state index in [0.717, 1.165) is 52.9 Å². The Bertz CT molecular complexity index is 1400. The van der Waals surface area contributed by atoms with Gasteiger partial charge in [-0.15, -0.1) is 0 Å². The predicted octanol–water partition coefficient (Wildman–Crippen LogP) is 6.86. The van der Waals surface area contributed by atoms with Crippen molar-refractivity contribution in [3.8, 4) is 22.5 Å². The summed E-state index contributed by atoms with van der Waals surface area (Å²) < 4.78 is 0. The highest BCUT2D eigenvalue weighted by atomic mass is 16.2. The van der Waals surface area contributed by atoms with Crippen LogP contribution in [0.3, 0.4) is 0 Å². The molecule has 3 aromatic carbocycles. The molecule has 0 unspecified atom stereocenters. The molecule has 0 N–H and O–H groups in total. The molecule has 4 heteroatoms. The summed E-state index contributed by atoms with van der Waals surface area (Å²) in [5.41, 5.74) is 6.27. The molecule has 176 valence electrons. The van der Waals surface area contributed by atoms with Gasteiger partial charge in [-0.3, -0.25) is 4.79 Å². The van der Waals surface area contributed by atoms with Crippen molar-refractivity contribution in [1.82, 2.24) is 14.9 Å². The third-order valence-corrected chi connectivity index (χ3v) is 8.41. The van der Waals surface area contributed by atoms with Gasteiger partial charge in [0.2, 0.25) is 0 Å². The topological polar surface area (TPSA) is 46.1 Å². The average molecular weight is 462 g/mol. The number of hydrogen-bond donors (Lipinski definition) is 0. The van der Waals surface area contributed by atoms with Crippen LogP contribution in [0.15, 0.2) is 78.9 Å². The number of aromatic nitrogens is 2. The summed E-state index contributed by atoms with van der Waals surface area (Å²) in [6.07, 6.45) is 2.20. The number of likely N-dealkylation sites (tertiary alicyclic amines) is 1. The standard InChI is InChI=1S/C31H31N3O/c1-20-24-16-25(18-31(20,2)3)34(19-24)30(35)23-14-15-26-27(17-23)33-29(22-12-8-5-9-13-22)28(32-26)21-10-6-4-7-11-21/h4-15,17,20,24-25H,16,18-19H2,1-3H3/t20-,24+,25+/m1/s1. The maximum atomic E-state index is 13.7. The van der Waals surface area contributed by atoms with Crippen molar-refractivity contribution >= 4 is 16.9 Å². The van der Waals surface area contributed by atoms with Crippen LogP contribution in [-0.2, 0) is 0 Å². The quantitative estimate of drug-likeness (QED) is 0.335. The van der Waals surface area contributed by atoms with Gasteiger partial charge in [0.1, 0.15) is 0 Å². The summed E-state index contributed by atoms with van der Waals surface area (Å²) in [5.74, 6) is 1.34. The van der Waals surface area contributed by atoms with Crippen LogP contribution in [0, 0.1) is 17.3 Å². The van der Waals surface area contributed by atoms with Crippen LogP contribution in [0.4, 0.5) is 0 Å². The van der Waals surface area contributed by atoms with Gasteiger partial charge >= 0.3 is 0 Å². The highest BCUT2D eigenvalue weighted by Crippen LogP contribution is 2.49. The van der Waals surface area contributed by atoms with E-state index in [4.69, 9.17) is 9.97 Å². The lowest BCUT2D eigenvalue weighted by Crippen LogP contribution is -2.39. The van der Waals surface area contributed by atoms with Crippen LogP contribution < -0.4 is 0 Å². The van der Waals surface area contributed by atoms with E-state index < -0.39 is 0 Å². The molecule has 4 nitrogen and oxygen atoms in total. The number of carbonyl (C=O) groups is 1. The van der Waals surface area contributed by atoms with Gasteiger partial charge in [0.25, 0.3) is 5.91 Å². The minimum absolute atomic E-state index is 0.125. The minimum Gasteiger partial charge on any atom is -0.335 e. The summed E-state index contributed by atoms with van der Waals surface area (Å²) in [6.45, 7) is 7.92. The fraction of sp³-hybridized carbons (Fsp3) is 0.323. The van der Waals surface area contributed by atoms with Crippen LogP contribution in [0.1, 0.15) is 44.0 Å². The van der Waals surface area contributed by atoms with E-state index >= 15 is 0 Å². The molecule has 4 aromatic rings. The largest absolute Gasteiger partial charge is 0.335 e. The summed E-state index contributed by atoms with van der Waals surface area (Å²) in [5, 5.41) is 0. The number of benzene rings is 3. The van der Waals surface area contributed by atoms with E-state index in [2.05, 4.69) is 49.9 Å². The number of nitrogens with zero attached hydrogens (tertiary/aromatic N) is 3. The molecular weight excluding hydrogens is 430 g/mol. The van der Waals surface area contributed by atoms with E-state index in [0.29, 0.717) is 23.4 Å². The summed E-state index contributed by atoms with van der Waals surface area (Å²) in [6, 6.07) is 26.5. The fourth-order valence-corrected chi connectivity index (χ4v) is 6.14. The molecule has 1 amide bonds. The van der Waals surface area contributed by atoms with Gasteiger partial charge in [0.15, 0.2) is 0 Å². The van der Waals surface area contributed by atoms with Crippen LogP contribution in [0.25, 0.3) is 33.5 Å². The van der Waals surface area contributed by atoms with E-state index in [1.807, 2.05) is 54.6 Å². The maximum absolute atomic E-state index is 13.7. The smallest absolute Gasteiger partial charge is 0.254 e. The molecule has 6 rings (SSSR count). The van der Waals surface area contributed by atoms with Crippen molar-refractivity contribution in [1.29, 1.82) is 0 Å². The number of carbonyl (C=O) groups excluding carboxylic acids is 1. The fourth-order valence-electron chi connectivity index (χ4n) is 6.14. The summed E-state index contributed by atoms with van der Waals surface area (Å²) >= 11 is 0. The zero-order valence-corrected chi connectivity index (χ0v) is 20.6. The predicted molar refractivity (Wildman–Crippen MR) is 141 cm³/mol. The maximum Gasteiger partial charge on any atom is 0.254 e. The first-order valence-electron chi connectivity index (χ1n) is 12.6. The van der Waals surface area contributed by atoms with Gasteiger partial charge in [0.05, 0.1) is 22.4 Å². The van der Waals surface area contributed by atoms with Crippen molar-refractivity contribution in [3.63, 3.8) is 0 Å². The SMILES string of the molecule is C[C@@H]1[C@H]2C[C@@H](CC1(C)C)N(C(=O)c1ccc3nc(-c4ccccc4)c(-c4ccccc4)nc3c1)C2. The van der Waals surface area contributed by atoms with Gasteiger partial charge in [-0.05, 0) is 48.3 Å². The molecule has 2 heterocycles. The first-order chi connectivity index (χ1) is 16.9. The average Bonchev–Trinajstić information content (AvgIpc) is 3.26. The van der Waals surface area contributed by atoms with Gasteiger partial charge in [0, 0.05) is 29.3 Å². The van der Waals surface area contributed by atoms with Crippen molar-refractivity contribution < 1.29 is 4.79 Å². The molecule has 1 aliphatic carbocycles. The number of amides is 1. The number of hydrogen-bond acceptors (Lipinski definition) is 3. The minimum atomic E-state index is 0.125. The Labute approximate surface area is 207 Å². The molecule has 35 heavy (non-hydrogen) atoms. The molecule has 0 spiro atoms. The molecule has 2 fully saturated rings. The Morgan fingerprint density at radius 2 is 1.46 bits per heavy atom. The molecule has 2 aliphatic rings. The van der Waals surface area contributed by atoms with E-state index in [9.17, 15) is 4.79 Å². The first-order valence-corrected chi connectivity index (χ1v) is 12.6. The molecule has 1 aliphatic heterocycles. The lowest BCUT2D eigenvalue weighted by molar-refractivity contribution is 0.0677. The van der Waals surface area contributed by atoms with E-state index in [1.165, 1.54) is 0 Å². The van der Waals surface area contributed by atoms with Crippen molar-refractivity contribution in [2.24, 2.45) is 17.3 Å². The Morgan fingerprint density at radius 3 is 2.09 bits per heavy atom. The number of fused-ring (bicyclic) bond motifs is 3. The Kier molecular flexibility index (Phi) is 5.21. The Hall–Kier alpha value is -3.53. The van der Waals surface area contributed by atoms with Crippen LogP contribution in [0.5, 0.6) is 0 Å². The second-order valence-corrected chi connectivity index (χ2v) is 10.9. The van der Waals surface area contributed by atoms with E-state index in [1.54, 1.807) is 0 Å². The second-order valence-electron chi connectivity index (χ2n) is 10.9. The zero-order valence-electron chi connectivity index (χ0n) is 20.6. The summed E-state index contributed by atoms with van der Waals surface area (Å²) in [4.78, 5) is 25.9. The van der Waals surface area contributed by atoms with Crippen molar-refractivity contribution in [2.45, 2.75) is 39.7 Å². The molecule has 3 atom stereocenters. The third kappa shape index (κ3) is 3.81. The highest BCUT2D eigenvalue weighted by molar-refractivity contribution is 5.98. The van der Waals surface area contributed by atoms with Crippen LogP contribution in [-0.4, -0.2) is 33.4 Å². The molecule has 1 saturated heterocycles. The highest BCUT2D eigenvalue weighted by Gasteiger charge is 2.48. The second kappa shape index (κ2) is 8.30. The van der Waals surface area contributed by atoms with Gasteiger partial charge in [-0.25, -0.2) is 9.97 Å². The van der Waals surface area contributed by atoms with Crippen LogP contribution >= 0.6 is 0 Å². The van der Waals surface area contributed by atoms with Gasteiger partial charge < -0.3 is 4.90 Å². The van der Waals surface area contributed by atoms with E-state index in [-0.39, 0.29) is 11.3 Å². The molecule has 1 aromatic heterocycles. The molecule has 0 radical (unpaired) electrons. The third-order valence-electron chi connectivity index (χ3n) is 8.41. The molecular formula is C31H31N3O. The Morgan fingerprint density at radius 1 is 0.857 bits per heavy atom. The van der Waals surface area contributed by atoms with Gasteiger partial charge in [-0.2, -0.15) is 0 Å². The van der Waals surface area contributed by atoms with Crippen molar-refractivity contribution in [3.05, 3.63) is 84.4 Å².